The SMILES string of the molecule is Cn1nc2c(c1N(CCN1CCN(c3ccc(F)cc3)CC1)C(=O)c1ccc(N)cc1)CCCC2. The Hall–Kier alpha value is -3.39. The molecule has 2 heterocycles. The number of hydrogen-bond donors (Lipinski definition) is 1. The van der Waals surface area contributed by atoms with E-state index in [4.69, 9.17) is 10.8 Å². The predicted molar refractivity (Wildman–Crippen MR) is 137 cm³/mol. The van der Waals surface area contributed by atoms with Crippen molar-refractivity contribution in [2.24, 2.45) is 7.05 Å². The molecule has 8 heteroatoms. The lowest BCUT2D eigenvalue weighted by Gasteiger charge is -2.37. The molecular formula is C27H33FN6O. The second-order valence-corrected chi connectivity index (χ2v) is 9.46. The zero-order chi connectivity index (χ0) is 24.4. The van der Waals surface area contributed by atoms with Crippen LogP contribution in [0.4, 0.5) is 21.6 Å². The van der Waals surface area contributed by atoms with Gasteiger partial charge in [0.25, 0.3) is 5.91 Å². The molecule has 2 N–H and O–H groups in total. The van der Waals surface area contributed by atoms with Crippen molar-refractivity contribution >= 4 is 23.1 Å². The highest BCUT2D eigenvalue weighted by molar-refractivity contribution is 6.06. The average molecular weight is 477 g/mol. The molecule has 5 rings (SSSR count). The first-order chi connectivity index (χ1) is 17.0. The third-order valence-corrected chi connectivity index (χ3v) is 7.15. The number of fused-ring (bicyclic) bond motifs is 1. The zero-order valence-corrected chi connectivity index (χ0v) is 20.3. The highest BCUT2D eigenvalue weighted by Crippen LogP contribution is 2.31. The van der Waals surface area contributed by atoms with Crippen molar-refractivity contribution in [1.82, 2.24) is 14.7 Å². The molecule has 0 spiro atoms. The molecule has 0 unspecified atom stereocenters. The molecule has 1 fully saturated rings. The fraction of sp³-hybridized carbons (Fsp3) is 0.407. The summed E-state index contributed by atoms with van der Waals surface area (Å²) in [7, 11) is 1.94. The Morgan fingerprint density at radius 1 is 1.00 bits per heavy atom. The van der Waals surface area contributed by atoms with Gasteiger partial charge in [-0.05, 0) is 74.2 Å². The van der Waals surface area contributed by atoms with Crippen LogP contribution < -0.4 is 15.5 Å². The van der Waals surface area contributed by atoms with Crippen LogP contribution in [0.2, 0.25) is 0 Å². The number of nitrogens with two attached hydrogens (primary N) is 1. The summed E-state index contributed by atoms with van der Waals surface area (Å²) in [6.45, 7) is 4.90. The number of carbonyl (C=O) groups excluding carboxylic acids is 1. The van der Waals surface area contributed by atoms with Gasteiger partial charge in [-0.25, -0.2) is 4.39 Å². The second-order valence-electron chi connectivity index (χ2n) is 9.46. The molecule has 35 heavy (non-hydrogen) atoms. The minimum atomic E-state index is -0.212. The van der Waals surface area contributed by atoms with Crippen LogP contribution in [-0.4, -0.2) is 59.9 Å². The number of anilines is 3. The lowest BCUT2D eigenvalue weighted by Crippen LogP contribution is -2.49. The van der Waals surface area contributed by atoms with Gasteiger partial charge in [-0.15, -0.1) is 0 Å². The maximum Gasteiger partial charge on any atom is 0.259 e. The quantitative estimate of drug-likeness (QED) is 0.552. The van der Waals surface area contributed by atoms with Crippen LogP contribution >= 0.6 is 0 Å². The smallest absolute Gasteiger partial charge is 0.259 e. The predicted octanol–water partition coefficient (Wildman–Crippen LogP) is 3.49. The summed E-state index contributed by atoms with van der Waals surface area (Å²) in [4.78, 5) is 20.3. The van der Waals surface area contributed by atoms with Crippen LogP contribution in [0, 0.1) is 5.82 Å². The van der Waals surface area contributed by atoms with Crippen molar-refractivity contribution in [1.29, 1.82) is 0 Å². The van der Waals surface area contributed by atoms with Gasteiger partial charge in [0.2, 0.25) is 0 Å². The van der Waals surface area contributed by atoms with E-state index >= 15 is 0 Å². The lowest BCUT2D eigenvalue weighted by molar-refractivity contribution is 0.0981. The van der Waals surface area contributed by atoms with E-state index in [1.165, 1.54) is 17.7 Å². The summed E-state index contributed by atoms with van der Waals surface area (Å²) >= 11 is 0. The highest BCUT2D eigenvalue weighted by atomic mass is 19.1. The van der Waals surface area contributed by atoms with Crippen molar-refractivity contribution < 1.29 is 9.18 Å². The first-order valence-electron chi connectivity index (χ1n) is 12.4. The van der Waals surface area contributed by atoms with E-state index in [0.29, 0.717) is 17.8 Å². The summed E-state index contributed by atoms with van der Waals surface area (Å²) in [5, 5.41) is 4.76. The van der Waals surface area contributed by atoms with E-state index in [1.807, 2.05) is 28.8 Å². The van der Waals surface area contributed by atoms with Gasteiger partial charge in [0, 0.05) is 68.8 Å². The number of aromatic nitrogens is 2. The van der Waals surface area contributed by atoms with Crippen molar-refractivity contribution in [3.8, 4) is 0 Å². The first-order valence-corrected chi connectivity index (χ1v) is 12.4. The minimum absolute atomic E-state index is 0.0219. The molecule has 7 nitrogen and oxygen atoms in total. The van der Waals surface area contributed by atoms with Crippen molar-refractivity contribution in [2.75, 3.05) is 54.8 Å². The van der Waals surface area contributed by atoms with E-state index in [-0.39, 0.29) is 11.7 Å². The third kappa shape index (κ3) is 5.03. The van der Waals surface area contributed by atoms with Gasteiger partial charge in [-0.1, -0.05) is 0 Å². The van der Waals surface area contributed by atoms with Crippen molar-refractivity contribution in [3.63, 3.8) is 0 Å². The van der Waals surface area contributed by atoms with Crippen LogP contribution in [0.3, 0.4) is 0 Å². The van der Waals surface area contributed by atoms with Gasteiger partial charge in [0.05, 0.1) is 5.69 Å². The number of nitrogens with zero attached hydrogens (tertiary/aromatic N) is 5. The Morgan fingerprint density at radius 2 is 1.69 bits per heavy atom. The maximum absolute atomic E-state index is 13.7. The topological polar surface area (TPSA) is 70.6 Å². The number of aryl methyl sites for hydroxylation is 2. The molecule has 0 radical (unpaired) electrons. The Bertz CT molecular complexity index is 1170. The number of piperazine rings is 1. The van der Waals surface area contributed by atoms with Gasteiger partial charge in [0.1, 0.15) is 11.6 Å². The van der Waals surface area contributed by atoms with Gasteiger partial charge in [0.15, 0.2) is 0 Å². The normalized spacial score (nSPS) is 16.2. The Morgan fingerprint density at radius 3 is 2.40 bits per heavy atom. The Kier molecular flexibility index (Phi) is 6.72. The molecule has 184 valence electrons. The lowest BCUT2D eigenvalue weighted by atomic mass is 9.97. The summed E-state index contributed by atoms with van der Waals surface area (Å²) < 4.78 is 15.2. The number of carbonyl (C=O) groups is 1. The molecule has 1 amide bonds. The molecule has 1 aliphatic carbocycles. The van der Waals surface area contributed by atoms with E-state index in [2.05, 4.69) is 9.80 Å². The summed E-state index contributed by atoms with van der Waals surface area (Å²) in [6.07, 6.45) is 4.20. The van der Waals surface area contributed by atoms with E-state index in [9.17, 15) is 9.18 Å². The number of amides is 1. The van der Waals surface area contributed by atoms with Gasteiger partial charge >= 0.3 is 0 Å². The van der Waals surface area contributed by atoms with Crippen LogP contribution in [0.1, 0.15) is 34.5 Å². The van der Waals surface area contributed by atoms with Crippen LogP contribution in [0.15, 0.2) is 48.5 Å². The van der Waals surface area contributed by atoms with Crippen molar-refractivity contribution in [3.05, 3.63) is 71.2 Å². The van der Waals surface area contributed by atoms with E-state index in [1.54, 1.807) is 24.3 Å². The number of hydrogen-bond acceptors (Lipinski definition) is 5. The summed E-state index contributed by atoms with van der Waals surface area (Å²) in [5.74, 6) is 0.688. The average Bonchev–Trinajstić information content (AvgIpc) is 3.21. The third-order valence-electron chi connectivity index (χ3n) is 7.15. The van der Waals surface area contributed by atoms with Gasteiger partial charge in [-0.3, -0.25) is 19.3 Å². The fourth-order valence-corrected chi connectivity index (χ4v) is 5.21. The molecule has 0 saturated carbocycles. The molecule has 1 saturated heterocycles. The summed E-state index contributed by atoms with van der Waals surface area (Å²) in [6, 6.07) is 13.8. The van der Waals surface area contributed by atoms with Crippen LogP contribution in [0.25, 0.3) is 0 Å². The van der Waals surface area contributed by atoms with Gasteiger partial charge in [-0.2, -0.15) is 5.10 Å². The molecular weight excluding hydrogens is 443 g/mol. The Balaban J connectivity index is 1.32. The minimum Gasteiger partial charge on any atom is -0.399 e. The Labute approximate surface area is 205 Å². The number of benzene rings is 2. The molecule has 0 bridgehead atoms. The largest absolute Gasteiger partial charge is 0.399 e. The maximum atomic E-state index is 13.7. The molecule has 0 atom stereocenters. The molecule has 2 aromatic carbocycles. The standard InChI is InChI=1S/C27H33FN6O/c1-31-26(24-4-2-3-5-25(24)30-31)34(27(35)20-6-10-22(29)11-7-20)19-16-32-14-17-33(18-15-32)23-12-8-21(28)9-13-23/h6-13H,2-5,14-19,29H2,1H3. The number of rotatable bonds is 6. The van der Waals surface area contributed by atoms with Gasteiger partial charge < -0.3 is 10.6 Å². The second kappa shape index (κ2) is 10.1. The fourth-order valence-electron chi connectivity index (χ4n) is 5.21. The molecule has 2 aliphatic rings. The number of nitrogen functional groups attached to an aromatic ring is 1. The molecule has 1 aromatic heterocycles. The first kappa shape index (κ1) is 23.4. The number of halogens is 1. The van der Waals surface area contributed by atoms with Crippen LogP contribution in [0.5, 0.6) is 0 Å². The molecule has 3 aromatic rings. The van der Waals surface area contributed by atoms with E-state index < -0.39 is 0 Å². The highest BCUT2D eigenvalue weighted by Gasteiger charge is 2.28. The molecule has 1 aliphatic heterocycles. The van der Waals surface area contributed by atoms with E-state index in [0.717, 1.165) is 75.6 Å². The monoisotopic (exact) mass is 476 g/mol. The zero-order valence-electron chi connectivity index (χ0n) is 20.3. The van der Waals surface area contributed by atoms with Crippen LogP contribution in [-0.2, 0) is 19.9 Å². The van der Waals surface area contributed by atoms with Crippen molar-refractivity contribution in [2.45, 2.75) is 25.7 Å². The summed E-state index contributed by atoms with van der Waals surface area (Å²) in [5.41, 5.74) is 10.5.